The summed E-state index contributed by atoms with van der Waals surface area (Å²) in [6, 6.07) is 5.66. The molecular weight excluding hydrogens is 290 g/mol. The van der Waals surface area contributed by atoms with Crippen molar-refractivity contribution in [3.8, 4) is 5.75 Å². The normalized spacial score (nSPS) is 21.8. The molecule has 1 fully saturated rings. The molecule has 0 aliphatic heterocycles. The summed E-state index contributed by atoms with van der Waals surface area (Å²) in [6.07, 6.45) is 4.26. The highest BCUT2D eigenvalue weighted by Crippen LogP contribution is 2.32. The Morgan fingerprint density at radius 1 is 1.48 bits per heavy atom. The van der Waals surface area contributed by atoms with Crippen molar-refractivity contribution in [2.24, 2.45) is 5.92 Å². The molecule has 0 saturated heterocycles. The molecule has 5 heteroatoms. The van der Waals surface area contributed by atoms with Gasteiger partial charge >= 0.3 is 5.97 Å². The second-order valence-corrected chi connectivity index (χ2v) is 5.97. The summed E-state index contributed by atoms with van der Waals surface area (Å²) in [5.41, 5.74) is 0.854. The van der Waals surface area contributed by atoms with Crippen molar-refractivity contribution < 1.29 is 14.6 Å². The van der Waals surface area contributed by atoms with Gasteiger partial charge in [0.15, 0.2) is 0 Å². The van der Waals surface area contributed by atoms with Crippen LogP contribution in [0.1, 0.15) is 39.0 Å². The number of hydrogen-bond donors (Lipinski definition) is 2. The number of carboxylic acids is 1. The molecule has 1 aliphatic carbocycles. The van der Waals surface area contributed by atoms with E-state index in [1.807, 2.05) is 12.1 Å². The highest BCUT2D eigenvalue weighted by atomic mass is 35.5. The van der Waals surface area contributed by atoms with E-state index in [0.717, 1.165) is 37.1 Å². The lowest BCUT2D eigenvalue weighted by Crippen LogP contribution is -2.31. The van der Waals surface area contributed by atoms with Crippen LogP contribution in [0, 0.1) is 5.92 Å². The van der Waals surface area contributed by atoms with Gasteiger partial charge in [0, 0.05) is 11.1 Å². The third-order valence-corrected chi connectivity index (χ3v) is 4.02. The van der Waals surface area contributed by atoms with Crippen molar-refractivity contribution in [1.82, 2.24) is 0 Å². The van der Waals surface area contributed by atoms with E-state index in [1.165, 1.54) is 0 Å². The fourth-order valence-electron chi connectivity index (χ4n) is 2.72. The standard InChI is InChI=1S/C16H22ClNO3/c1-2-8-21-15-7-6-12(17)10-14(15)18-13-5-3-4-11(9-13)16(19)20/h6-7,10-11,13,18H,2-5,8-9H2,1H3,(H,19,20). The first kappa shape index (κ1) is 16.0. The highest BCUT2D eigenvalue weighted by Gasteiger charge is 2.27. The summed E-state index contributed by atoms with van der Waals surface area (Å²) >= 11 is 6.06. The first-order valence-corrected chi connectivity index (χ1v) is 7.89. The van der Waals surface area contributed by atoms with Crippen LogP contribution < -0.4 is 10.1 Å². The molecular formula is C16H22ClNO3. The van der Waals surface area contributed by atoms with Crippen LogP contribution in [0.25, 0.3) is 0 Å². The van der Waals surface area contributed by atoms with Gasteiger partial charge in [0.1, 0.15) is 5.75 Å². The van der Waals surface area contributed by atoms with Crippen LogP contribution in [0.2, 0.25) is 5.02 Å². The molecule has 1 aromatic rings. The molecule has 4 nitrogen and oxygen atoms in total. The van der Waals surface area contributed by atoms with E-state index in [0.29, 0.717) is 18.1 Å². The lowest BCUT2D eigenvalue weighted by Gasteiger charge is -2.29. The van der Waals surface area contributed by atoms with Crippen LogP contribution in [0.3, 0.4) is 0 Å². The van der Waals surface area contributed by atoms with E-state index in [9.17, 15) is 4.79 Å². The minimum atomic E-state index is -0.699. The number of nitrogens with one attached hydrogen (secondary N) is 1. The van der Waals surface area contributed by atoms with Crippen LogP contribution in [0.15, 0.2) is 18.2 Å². The SMILES string of the molecule is CCCOc1ccc(Cl)cc1NC1CCCC(C(=O)O)C1. The minimum absolute atomic E-state index is 0.155. The van der Waals surface area contributed by atoms with E-state index in [4.69, 9.17) is 21.4 Å². The predicted octanol–water partition coefficient (Wildman–Crippen LogP) is 4.18. The molecule has 0 spiro atoms. The molecule has 1 aliphatic rings. The number of hydrogen-bond acceptors (Lipinski definition) is 3. The number of carbonyl (C=O) groups is 1. The maximum atomic E-state index is 11.1. The van der Waals surface area contributed by atoms with Gasteiger partial charge in [-0.15, -0.1) is 0 Å². The zero-order valence-electron chi connectivity index (χ0n) is 12.3. The molecule has 0 radical (unpaired) electrons. The summed E-state index contributed by atoms with van der Waals surface area (Å²) in [4.78, 5) is 11.1. The molecule has 2 N–H and O–H groups in total. The molecule has 0 amide bonds. The second-order valence-electron chi connectivity index (χ2n) is 5.53. The monoisotopic (exact) mass is 311 g/mol. The second kappa shape index (κ2) is 7.55. The number of benzene rings is 1. The lowest BCUT2D eigenvalue weighted by molar-refractivity contribution is -0.142. The molecule has 1 aromatic carbocycles. The highest BCUT2D eigenvalue weighted by molar-refractivity contribution is 6.30. The minimum Gasteiger partial charge on any atom is -0.491 e. The number of aliphatic carboxylic acids is 1. The Balaban J connectivity index is 2.07. The number of anilines is 1. The average molecular weight is 312 g/mol. The summed E-state index contributed by atoms with van der Waals surface area (Å²) in [5.74, 6) is -0.177. The molecule has 0 bridgehead atoms. The van der Waals surface area contributed by atoms with E-state index >= 15 is 0 Å². The Kier molecular flexibility index (Phi) is 5.74. The Labute approximate surface area is 130 Å². The van der Waals surface area contributed by atoms with Crippen molar-refractivity contribution in [3.05, 3.63) is 23.2 Å². The lowest BCUT2D eigenvalue weighted by atomic mass is 9.85. The van der Waals surface area contributed by atoms with Gasteiger partial charge in [0.05, 0.1) is 18.2 Å². The van der Waals surface area contributed by atoms with Gasteiger partial charge < -0.3 is 15.2 Å². The zero-order valence-corrected chi connectivity index (χ0v) is 13.0. The van der Waals surface area contributed by atoms with Gasteiger partial charge in [-0.2, -0.15) is 0 Å². The molecule has 0 heterocycles. The van der Waals surface area contributed by atoms with E-state index in [2.05, 4.69) is 12.2 Å². The topological polar surface area (TPSA) is 58.6 Å². The summed E-state index contributed by atoms with van der Waals surface area (Å²) < 4.78 is 5.72. The van der Waals surface area contributed by atoms with Crippen molar-refractivity contribution in [2.75, 3.05) is 11.9 Å². The van der Waals surface area contributed by atoms with Crippen LogP contribution in [0.5, 0.6) is 5.75 Å². The molecule has 0 aromatic heterocycles. The van der Waals surface area contributed by atoms with Gasteiger partial charge in [-0.1, -0.05) is 24.9 Å². The quantitative estimate of drug-likeness (QED) is 0.827. The molecule has 2 rings (SSSR count). The van der Waals surface area contributed by atoms with Crippen LogP contribution in [-0.4, -0.2) is 23.7 Å². The van der Waals surface area contributed by atoms with Crippen LogP contribution in [-0.2, 0) is 4.79 Å². The maximum Gasteiger partial charge on any atom is 0.306 e. The Bertz CT molecular complexity index is 492. The summed E-state index contributed by atoms with van der Waals surface area (Å²) in [7, 11) is 0. The van der Waals surface area contributed by atoms with Gasteiger partial charge in [-0.25, -0.2) is 0 Å². The number of rotatable bonds is 6. The van der Waals surface area contributed by atoms with Crippen molar-refractivity contribution in [1.29, 1.82) is 0 Å². The smallest absolute Gasteiger partial charge is 0.306 e. The third-order valence-electron chi connectivity index (χ3n) is 3.79. The van der Waals surface area contributed by atoms with Gasteiger partial charge in [0.2, 0.25) is 0 Å². The number of halogens is 1. The Morgan fingerprint density at radius 2 is 2.29 bits per heavy atom. The third kappa shape index (κ3) is 4.53. The zero-order chi connectivity index (χ0) is 15.2. The number of ether oxygens (including phenoxy) is 1. The van der Waals surface area contributed by atoms with Gasteiger partial charge in [0.25, 0.3) is 0 Å². The van der Waals surface area contributed by atoms with E-state index in [1.54, 1.807) is 6.07 Å². The van der Waals surface area contributed by atoms with E-state index < -0.39 is 5.97 Å². The molecule has 116 valence electrons. The first-order chi connectivity index (χ1) is 10.1. The molecule has 2 unspecified atom stereocenters. The average Bonchev–Trinajstić information content (AvgIpc) is 2.47. The van der Waals surface area contributed by atoms with Crippen molar-refractivity contribution in [2.45, 2.75) is 45.1 Å². The van der Waals surface area contributed by atoms with Crippen LogP contribution in [0.4, 0.5) is 5.69 Å². The number of carboxylic acid groups (broad SMARTS) is 1. The van der Waals surface area contributed by atoms with Gasteiger partial charge in [-0.3, -0.25) is 4.79 Å². The fraction of sp³-hybridized carbons (Fsp3) is 0.562. The largest absolute Gasteiger partial charge is 0.491 e. The Hall–Kier alpha value is -1.42. The fourth-order valence-corrected chi connectivity index (χ4v) is 2.89. The molecule has 2 atom stereocenters. The summed E-state index contributed by atoms with van der Waals surface area (Å²) in [5, 5.41) is 13.2. The van der Waals surface area contributed by atoms with Crippen molar-refractivity contribution >= 4 is 23.3 Å². The van der Waals surface area contributed by atoms with Gasteiger partial charge in [-0.05, 0) is 43.9 Å². The first-order valence-electron chi connectivity index (χ1n) is 7.51. The van der Waals surface area contributed by atoms with E-state index in [-0.39, 0.29) is 12.0 Å². The van der Waals surface area contributed by atoms with Crippen molar-refractivity contribution in [3.63, 3.8) is 0 Å². The summed E-state index contributed by atoms with van der Waals surface area (Å²) in [6.45, 7) is 2.71. The Morgan fingerprint density at radius 3 is 3.00 bits per heavy atom. The molecule has 1 saturated carbocycles. The predicted molar refractivity (Wildman–Crippen MR) is 84.2 cm³/mol. The molecule has 21 heavy (non-hydrogen) atoms. The van der Waals surface area contributed by atoms with Crippen LogP contribution >= 0.6 is 11.6 Å². The maximum absolute atomic E-state index is 11.1.